The molecular weight excluding hydrogens is 440 g/mol. The second-order valence-electron chi connectivity index (χ2n) is 10.6. The Balaban J connectivity index is 1.51. The highest BCUT2D eigenvalue weighted by Crippen LogP contribution is 2.57. The lowest BCUT2D eigenvalue weighted by Crippen LogP contribution is -2.33. The number of benzene rings is 2. The first-order chi connectivity index (χ1) is 16.6. The van der Waals surface area contributed by atoms with Crippen molar-refractivity contribution in [2.45, 2.75) is 59.8 Å². The van der Waals surface area contributed by atoms with Crippen molar-refractivity contribution in [3.63, 3.8) is 0 Å². The standard InChI is InChI=1S/C29H36N2O4/c1-18(2)8-5-9-19(3)10-7-13-29(4)16-20(29)17-31-23-14-21(32)15-25(34)27(23)30-26-22(28(31)35)11-6-12-24(26)33/h6,8,10-12,14-15,20,30,32-34H,5,7,9,13,16-17H2,1-4H3/b19-10+. The van der Waals surface area contributed by atoms with Crippen LogP contribution in [-0.4, -0.2) is 27.8 Å². The zero-order valence-corrected chi connectivity index (χ0v) is 21.1. The second-order valence-corrected chi connectivity index (χ2v) is 10.6. The maximum Gasteiger partial charge on any atom is 0.260 e. The number of para-hydroxylation sites is 1. The Morgan fingerprint density at radius 1 is 1.09 bits per heavy atom. The van der Waals surface area contributed by atoms with Crippen LogP contribution < -0.4 is 10.2 Å². The molecule has 35 heavy (non-hydrogen) atoms. The summed E-state index contributed by atoms with van der Waals surface area (Å²) in [5, 5.41) is 34.1. The molecular formula is C29H36N2O4. The van der Waals surface area contributed by atoms with Crippen molar-refractivity contribution >= 4 is 23.0 Å². The summed E-state index contributed by atoms with van der Waals surface area (Å²) in [6.07, 6.45) is 9.84. The van der Waals surface area contributed by atoms with Crippen molar-refractivity contribution in [3.8, 4) is 17.2 Å². The number of aromatic hydroxyl groups is 3. The molecule has 1 aliphatic heterocycles. The molecule has 2 unspecified atom stereocenters. The summed E-state index contributed by atoms with van der Waals surface area (Å²) < 4.78 is 0. The predicted octanol–water partition coefficient (Wildman–Crippen LogP) is 7.01. The highest BCUT2D eigenvalue weighted by atomic mass is 16.3. The van der Waals surface area contributed by atoms with E-state index in [0.717, 1.165) is 32.1 Å². The lowest BCUT2D eigenvalue weighted by molar-refractivity contribution is 0.0986. The Morgan fingerprint density at radius 3 is 2.60 bits per heavy atom. The van der Waals surface area contributed by atoms with E-state index < -0.39 is 0 Å². The van der Waals surface area contributed by atoms with E-state index >= 15 is 0 Å². The SMILES string of the molecule is CC(C)=CCC/C(C)=C/CCC1(C)CC1CN1C(=O)c2cccc(O)c2Nc2c(O)cc(O)cc21. The number of nitrogens with zero attached hydrogens (tertiary/aromatic N) is 1. The van der Waals surface area contributed by atoms with Gasteiger partial charge in [-0.05, 0) is 76.3 Å². The Morgan fingerprint density at radius 2 is 1.86 bits per heavy atom. The number of allylic oxidation sites excluding steroid dienone is 4. The van der Waals surface area contributed by atoms with Gasteiger partial charge in [0.1, 0.15) is 22.9 Å². The van der Waals surface area contributed by atoms with Crippen molar-refractivity contribution in [1.82, 2.24) is 0 Å². The first-order valence-corrected chi connectivity index (χ1v) is 12.3. The molecule has 2 aromatic rings. The van der Waals surface area contributed by atoms with E-state index in [1.165, 1.54) is 29.3 Å². The van der Waals surface area contributed by atoms with E-state index in [2.05, 4.69) is 45.2 Å². The van der Waals surface area contributed by atoms with Crippen molar-refractivity contribution in [3.05, 3.63) is 59.2 Å². The van der Waals surface area contributed by atoms with Crippen molar-refractivity contribution in [2.75, 3.05) is 16.8 Å². The summed E-state index contributed by atoms with van der Waals surface area (Å²) >= 11 is 0. The molecule has 6 heteroatoms. The molecule has 0 spiro atoms. The average molecular weight is 477 g/mol. The third-order valence-corrected chi connectivity index (χ3v) is 7.38. The van der Waals surface area contributed by atoms with Gasteiger partial charge in [0.25, 0.3) is 5.91 Å². The maximum absolute atomic E-state index is 13.6. The molecule has 2 aromatic carbocycles. The summed E-state index contributed by atoms with van der Waals surface area (Å²) in [6, 6.07) is 7.51. The van der Waals surface area contributed by atoms with Crippen LogP contribution >= 0.6 is 0 Å². The minimum atomic E-state index is -0.267. The van der Waals surface area contributed by atoms with Crippen LogP contribution in [0.15, 0.2) is 53.6 Å². The molecule has 0 radical (unpaired) electrons. The van der Waals surface area contributed by atoms with Crippen LogP contribution in [0.25, 0.3) is 0 Å². The number of carbonyl (C=O) groups excluding carboxylic acids is 1. The monoisotopic (exact) mass is 476 g/mol. The van der Waals surface area contributed by atoms with E-state index in [-0.39, 0.29) is 34.3 Å². The molecule has 1 heterocycles. The van der Waals surface area contributed by atoms with Crippen LogP contribution in [0.5, 0.6) is 17.2 Å². The van der Waals surface area contributed by atoms with Gasteiger partial charge in [0.15, 0.2) is 0 Å². The van der Waals surface area contributed by atoms with Gasteiger partial charge in [-0.1, -0.05) is 36.3 Å². The summed E-state index contributed by atoms with van der Waals surface area (Å²) in [5.74, 6) is -0.331. The predicted molar refractivity (Wildman–Crippen MR) is 141 cm³/mol. The zero-order valence-electron chi connectivity index (χ0n) is 21.1. The van der Waals surface area contributed by atoms with Gasteiger partial charge >= 0.3 is 0 Å². The first kappa shape index (κ1) is 24.7. The van der Waals surface area contributed by atoms with Crippen LogP contribution in [0.1, 0.15) is 70.2 Å². The lowest BCUT2D eigenvalue weighted by atomic mass is 9.97. The molecule has 2 atom stereocenters. The fraction of sp³-hybridized carbons (Fsp3) is 0.414. The van der Waals surface area contributed by atoms with Gasteiger partial charge in [0.05, 0.1) is 16.9 Å². The van der Waals surface area contributed by atoms with E-state index in [0.29, 0.717) is 29.4 Å². The van der Waals surface area contributed by atoms with Crippen molar-refractivity contribution in [2.24, 2.45) is 11.3 Å². The van der Waals surface area contributed by atoms with E-state index in [1.807, 2.05) is 0 Å². The molecule has 1 fully saturated rings. The maximum atomic E-state index is 13.6. The fourth-order valence-corrected chi connectivity index (χ4v) is 5.00. The zero-order chi connectivity index (χ0) is 25.3. The number of rotatable bonds is 8. The molecule has 4 rings (SSSR count). The van der Waals surface area contributed by atoms with Gasteiger partial charge in [-0.25, -0.2) is 0 Å². The third-order valence-electron chi connectivity index (χ3n) is 7.38. The quantitative estimate of drug-likeness (QED) is 0.187. The Kier molecular flexibility index (Phi) is 6.84. The van der Waals surface area contributed by atoms with Crippen LogP contribution in [0, 0.1) is 11.3 Å². The van der Waals surface area contributed by atoms with Gasteiger partial charge < -0.3 is 25.5 Å². The van der Waals surface area contributed by atoms with Crippen LogP contribution in [0.2, 0.25) is 0 Å². The van der Waals surface area contributed by atoms with Gasteiger partial charge in [-0.3, -0.25) is 4.79 Å². The first-order valence-electron chi connectivity index (χ1n) is 12.3. The number of hydrogen-bond acceptors (Lipinski definition) is 5. The van der Waals surface area contributed by atoms with Gasteiger partial charge in [0, 0.05) is 18.7 Å². The Labute approximate surface area is 207 Å². The normalized spacial score (nSPS) is 21.0. The average Bonchev–Trinajstić information content (AvgIpc) is 3.44. The molecule has 0 bridgehead atoms. The number of phenolic OH excluding ortho intramolecular Hbond substituents is 3. The van der Waals surface area contributed by atoms with Crippen molar-refractivity contribution in [1.29, 1.82) is 0 Å². The second kappa shape index (κ2) is 9.68. The molecule has 1 amide bonds. The molecule has 0 aromatic heterocycles. The summed E-state index contributed by atoms with van der Waals surface area (Å²) in [7, 11) is 0. The topological polar surface area (TPSA) is 93.0 Å². The molecule has 2 aliphatic rings. The number of phenols is 3. The highest BCUT2D eigenvalue weighted by molar-refractivity contribution is 6.15. The van der Waals surface area contributed by atoms with Gasteiger partial charge in [0.2, 0.25) is 0 Å². The molecule has 6 nitrogen and oxygen atoms in total. The number of carbonyl (C=O) groups is 1. The number of amides is 1. The van der Waals surface area contributed by atoms with Crippen LogP contribution in [0.4, 0.5) is 17.1 Å². The molecule has 1 saturated carbocycles. The lowest BCUT2D eigenvalue weighted by Gasteiger charge is -2.24. The number of anilines is 3. The summed E-state index contributed by atoms with van der Waals surface area (Å²) in [6.45, 7) is 9.19. The molecule has 4 N–H and O–H groups in total. The third kappa shape index (κ3) is 5.31. The van der Waals surface area contributed by atoms with E-state index in [1.54, 1.807) is 17.0 Å². The van der Waals surface area contributed by atoms with Crippen molar-refractivity contribution < 1.29 is 20.1 Å². The highest BCUT2D eigenvalue weighted by Gasteiger charge is 2.50. The van der Waals surface area contributed by atoms with Gasteiger partial charge in [-0.15, -0.1) is 0 Å². The largest absolute Gasteiger partial charge is 0.508 e. The van der Waals surface area contributed by atoms with E-state index in [4.69, 9.17) is 0 Å². The van der Waals surface area contributed by atoms with Crippen LogP contribution in [0.3, 0.4) is 0 Å². The molecule has 1 aliphatic carbocycles. The summed E-state index contributed by atoms with van der Waals surface area (Å²) in [5.41, 5.74) is 4.20. The summed E-state index contributed by atoms with van der Waals surface area (Å²) in [4.78, 5) is 15.2. The van der Waals surface area contributed by atoms with Crippen LogP contribution in [-0.2, 0) is 0 Å². The molecule has 186 valence electrons. The smallest absolute Gasteiger partial charge is 0.260 e. The minimum absolute atomic E-state index is 0.0702. The van der Waals surface area contributed by atoms with E-state index in [9.17, 15) is 20.1 Å². The minimum Gasteiger partial charge on any atom is -0.508 e. The Hall–Kier alpha value is -3.41. The fourth-order valence-electron chi connectivity index (χ4n) is 5.00. The number of fused-ring (bicyclic) bond motifs is 2. The molecule has 0 saturated heterocycles. The number of nitrogens with one attached hydrogen (secondary N) is 1. The van der Waals surface area contributed by atoms with Gasteiger partial charge in [-0.2, -0.15) is 0 Å². The number of hydrogen-bond donors (Lipinski definition) is 4. The Bertz CT molecular complexity index is 1200.